The van der Waals surface area contributed by atoms with Gasteiger partial charge >= 0.3 is 0 Å². The van der Waals surface area contributed by atoms with E-state index >= 15 is 0 Å². The number of ether oxygens (including phenoxy) is 1. The summed E-state index contributed by atoms with van der Waals surface area (Å²) in [4.78, 5) is 12.1. The van der Waals surface area contributed by atoms with Crippen LogP contribution in [0, 0.1) is 13.8 Å². The lowest BCUT2D eigenvalue weighted by Crippen LogP contribution is -2.42. The number of hydrogen-bond acceptors (Lipinski definition) is 2. The van der Waals surface area contributed by atoms with Crippen molar-refractivity contribution in [1.29, 1.82) is 0 Å². The summed E-state index contributed by atoms with van der Waals surface area (Å²) in [7, 11) is 0. The van der Waals surface area contributed by atoms with Crippen molar-refractivity contribution in [2.45, 2.75) is 59.6 Å². The fraction of sp³-hybridized carbons (Fsp3) is 0.562. The molecule has 0 bridgehead atoms. The van der Waals surface area contributed by atoms with Crippen LogP contribution in [0.25, 0.3) is 0 Å². The highest BCUT2D eigenvalue weighted by atomic mass is 16.5. The van der Waals surface area contributed by atoms with Crippen molar-refractivity contribution in [3.63, 3.8) is 0 Å². The monoisotopic (exact) mass is 263 g/mol. The van der Waals surface area contributed by atoms with Crippen molar-refractivity contribution < 1.29 is 9.53 Å². The molecule has 0 aromatic heterocycles. The van der Waals surface area contributed by atoms with E-state index in [4.69, 9.17) is 4.74 Å². The van der Waals surface area contributed by atoms with E-state index in [0.29, 0.717) is 6.42 Å². The normalized spacial score (nSPS) is 13.7. The third-order valence-corrected chi connectivity index (χ3v) is 3.42. The first kappa shape index (κ1) is 15.5. The van der Waals surface area contributed by atoms with Gasteiger partial charge in [0.1, 0.15) is 5.75 Å². The Kier molecular flexibility index (Phi) is 5.87. The van der Waals surface area contributed by atoms with E-state index in [-0.39, 0.29) is 11.9 Å². The molecular formula is C16H25NO2. The summed E-state index contributed by atoms with van der Waals surface area (Å²) in [6, 6.07) is 6.10. The largest absolute Gasteiger partial charge is 0.481 e. The lowest BCUT2D eigenvalue weighted by atomic mass is 10.1. The van der Waals surface area contributed by atoms with E-state index < -0.39 is 6.10 Å². The second-order valence-corrected chi connectivity index (χ2v) is 5.08. The lowest BCUT2D eigenvalue weighted by Gasteiger charge is -2.20. The minimum absolute atomic E-state index is 0.0323. The zero-order chi connectivity index (χ0) is 14.4. The van der Waals surface area contributed by atoms with Crippen LogP contribution >= 0.6 is 0 Å². The standard InChI is InChI=1S/C16H25NO2/c1-6-13(5)17-16(18)15(7-2)19-14-9-8-11(3)12(4)10-14/h8-10,13,15H,6-7H2,1-5H3,(H,17,18)/t13-,15+/m1/s1. The van der Waals surface area contributed by atoms with Crippen molar-refractivity contribution in [1.82, 2.24) is 5.32 Å². The molecule has 0 saturated heterocycles. The van der Waals surface area contributed by atoms with Gasteiger partial charge in [-0.1, -0.05) is 19.9 Å². The Hall–Kier alpha value is -1.51. The van der Waals surface area contributed by atoms with Gasteiger partial charge in [-0.25, -0.2) is 0 Å². The van der Waals surface area contributed by atoms with Gasteiger partial charge in [0.25, 0.3) is 5.91 Å². The van der Waals surface area contributed by atoms with Crippen LogP contribution in [-0.2, 0) is 4.79 Å². The van der Waals surface area contributed by atoms with Crippen molar-refractivity contribution in [3.8, 4) is 5.75 Å². The predicted octanol–water partition coefficient (Wildman–Crippen LogP) is 3.38. The van der Waals surface area contributed by atoms with Gasteiger partial charge in [0.05, 0.1) is 0 Å². The third kappa shape index (κ3) is 4.58. The van der Waals surface area contributed by atoms with Gasteiger partial charge in [-0.15, -0.1) is 0 Å². The Labute approximate surface area is 116 Å². The molecule has 1 aromatic carbocycles. The number of nitrogens with one attached hydrogen (secondary N) is 1. The molecule has 0 spiro atoms. The summed E-state index contributed by atoms with van der Waals surface area (Å²) in [5.41, 5.74) is 2.40. The number of aryl methyl sites for hydroxylation is 2. The Morgan fingerprint density at radius 2 is 1.89 bits per heavy atom. The molecule has 1 amide bonds. The molecule has 0 aliphatic heterocycles. The minimum atomic E-state index is -0.420. The number of rotatable bonds is 6. The Balaban J connectivity index is 2.70. The van der Waals surface area contributed by atoms with Crippen LogP contribution in [-0.4, -0.2) is 18.1 Å². The molecule has 0 saturated carbocycles. The van der Waals surface area contributed by atoms with E-state index in [1.54, 1.807) is 0 Å². The van der Waals surface area contributed by atoms with Crippen LogP contribution in [0.1, 0.15) is 44.7 Å². The molecular weight excluding hydrogens is 238 g/mol. The number of carbonyl (C=O) groups excluding carboxylic acids is 1. The molecule has 2 atom stereocenters. The first-order chi connectivity index (χ1) is 8.97. The van der Waals surface area contributed by atoms with E-state index in [2.05, 4.69) is 19.2 Å². The smallest absolute Gasteiger partial charge is 0.261 e. The van der Waals surface area contributed by atoms with Crippen LogP contribution in [0.3, 0.4) is 0 Å². The minimum Gasteiger partial charge on any atom is -0.481 e. The van der Waals surface area contributed by atoms with Gasteiger partial charge in [-0.2, -0.15) is 0 Å². The second-order valence-electron chi connectivity index (χ2n) is 5.08. The van der Waals surface area contributed by atoms with Gasteiger partial charge in [0, 0.05) is 6.04 Å². The maximum absolute atomic E-state index is 12.1. The van der Waals surface area contributed by atoms with Gasteiger partial charge in [-0.05, 0) is 56.9 Å². The van der Waals surface area contributed by atoms with Gasteiger partial charge in [-0.3, -0.25) is 4.79 Å². The van der Waals surface area contributed by atoms with Crippen LogP contribution in [0.5, 0.6) is 5.75 Å². The zero-order valence-corrected chi connectivity index (χ0v) is 12.6. The Bertz CT molecular complexity index is 429. The molecule has 1 aromatic rings. The number of benzene rings is 1. The maximum atomic E-state index is 12.1. The number of hydrogen-bond donors (Lipinski definition) is 1. The van der Waals surface area contributed by atoms with Crippen LogP contribution in [0.4, 0.5) is 0 Å². The molecule has 0 aliphatic rings. The number of amides is 1. The summed E-state index contributed by atoms with van der Waals surface area (Å²) in [6.45, 7) is 10.1. The fourth-order valence-electron chi connectivity index (χ4n) is 1.71. The SMILES string of the molecule is CC[C@@H](C)NC(=O)[C@H](CC)Oc1ccc(C)c(C)c1. The van der Waals surface area contributed by atoms with Crippen molar-refractivity contribution in [3.05, 3.63) is 29.3 Å². The summed E-state index contributed by atoms with van der Waals surface area (Å²) in [6.07, 6.45) is 1.16. The van der Waals surface area contributed by atoms with E-state index in [9.17, 15) is 4.79 Å². The molecule has 3 nitrogen and oxygen atoms in total. The highest BCUT2D eigenvalue weighted by Crippen LogP contribution is 2.18. The molecule has 0 unspecified atom stereocenters. The average molecular weight is 263 g/mol. The second kappa shape index (κ2) is 7.17. The highest BCUT2D eigenvalue weighted by Gasteiger charge is 2.19. The summed E-state index contributed by atoms with van der Waals surface area (Å²) >= 11 is 0. The molecule has 1 N–H and O–H groups in total. The third-order valence-electron chi connectivity index (χ3n) is 3.42. The lowest BCUT2D eigenvalue weighted by molar-refractivity contribution is -0.128. The molecule has 0 radical (unpaired) electrons. The highest BCUT2D eigenvalue weighted by molar-refractivity contribution is 5.81. The first-order valence-corrected chi connectivity index (χ1v) is 7.02. The molecule has 3 heteroatoms. The van der Waals surface area contributed by atoms with Crippen molar-refractivity contribution >= 4 is 5.91 Å². The topological polar surface area (TPSA) is 38.3 Å². The molecule has 19 heavy (non-hydrogen) atoms. The zero-order valence-electron chi connectivity index (χ0n) is 12.6. The molecule has 0 heterocycles. The van der Waals surface area contributed by atoms with Crippen molar-refractivity contribution in [2.24, 2.45) is 0 Å². The summed E-state index contributed by atoms with van der Waals surface area (Å²) in [5.74, 6) is 0.726. The van der Waals surface area contributed by atoms with Crippen LogP contribution < -0.4 is 10.1 Å². The summed E-state index contributed by atoms with van der Waals surface area (Å²) < 4.78 is 5.79. The fourth-order valence-corrected chi connectivity index (χ4v) is 1.71. The predicted molar refractivity (Wildman–Crippen MR) is 78.5 cm³/mol. The van der Waals surface area contributed by atoms with Crippen molar-refractivity contribution in [2.75, 3.05) is 0 Å². The van der Waals surface area contributed by atoms with Gasteiger partial charge in [0.2, 0.25) is 0 Å². The maximum Gasteiger partial charge on any atom is 0.261 e. The van der Waals surface area contributed by atoms with Crippen LogP contribution in [0.15, 0.2) is 18.2 Å². The molecule has 106 valence electrons. The quantitative estimate of drug-likeness (QED) is 0.854. The van der Waals surface area contributed by atoms with E-state index in [1.165, 1.54) is 11.1 Å². The van der Waals surface area contributed by atoms with Gasteiger partial charge in [0.15, 0.2) is 6.10 Å². The van der Waals surface area contributed by atoms with E-state index in [0.717, 1.165) is 12.2 Å². The van der Waals surface area contributed by atoms with E-state index in [1.807, 2.05) is 39.0 Å². The summed E-state index contributed by atoms with van der Waals surface area (Å²) in [5, 5.41) is 2.96. The number of carbonyl (C=O) groups is 1. The Morgan fingerprint density at radius 1 is 1.21 bits per heavy atom. The molecule has 0 fully saturated rings. The average Bonchev–Trinajstić information content (AvgIpc) is 2.39. The molecule has 0 aliphatic carbocycles. The van der Waals surface area contributed by atoms with Gasteiger partial charge < -0.3 is 10.1 Å². The molecule has 1 rings (SSSR count). The Morgan fingerprint density at radius 3 is 2.42 bits per heavy atom. The first-order valence-electron chi connectivity index (χ1n) is 7.02. The van der Waals surface area contributed by atoms with Crippen LogP contribution in [0.2, 0.25) is 0 Å².